The van der Waals surface area contributed by atoms with Gasteiger partial charge in [0, 0.05) is 6.04 Å². The molecule has 0 spiro atoms. The van der Waals surface area contributed by atoms with Crippen LogP contribution in [0.1, 0.15) is 24.8 Å². The van der Waals surface area contributed by atoms with E-state index in [1.807, 2.05) is 30.3 Å². The molecule has 23 heavy (non-hydrogen) atoms. The molecule has 7 nitrogen and oxygen atoms in total. The van der Waals surface area contributed by atoms with Gasteiger partial charge in [-0.05, 0) is 31.4 Å². The van der Waals surface area contributed by atoms with Crippen LogP contribution in [0.2, 0.25) is 0 Å². The first-order valence-electron chi connectivity index (χ1n) is 7.57. The van der Waals surface area contributed by atoms with E-state index in [2.05, 4.69) is 5.32 Å². The molecule has 1 aromatic carbocycles. The number of amides is 1. The lowest BCUT2D eigenvalue weighted by molar-refractivity contribution is -0.122. The lowest BCUT2D eigenvalue weighted by Crippen LogP contribution is -2.48. The highest BCUT2D eigenvalue weighted by atomic mass is 32.2. The molecule has 0 fully saturated rings. The van der Waals surface area contributed by atoms with Crippen molar-refractivity contribution in [1.82, 2.24) is 5.32 Å². The van der Waals surface area contributed by atoms with Gasteiger partial charge in [0.2, 0.25) is 5.91 Å². The van der Waals surface area contributed by atoms with Crippen LogP contribution < -0.4 is 16.8 Å². The van der Waals surface area contributed by atoms with E-state index in [4.69, 9.17) is 16.0 Å². The summed E-state index contributed by atoms with van der Waals surface area (Å²) < 4.78 is 31.1. The molecule has 0 aromatic heterocycles. The van der Waals surface area contributed by atoms with Crippen LogP contribution in [0, 0.1) is 0 Å². The summed E-state index contributed by atoms with van der Waals surface area (Å²) in [6.45, 7) is 0.486. The summed E-state index contributed by atoms with van der Waals surface area (Å²) in [6, 6.07) is 7.85. The minimum atomic E-state index is -4.18. The van der Waals surface area contributed by atoms with Crippen LogP contribution in [-0.2, 0) is 21.3 Å². The van der Waals surface area contributed by atoms with Gasteiger partial charge in [0.1, 0.15) is 0 Å². The second-order valence-electron chi connectivity index (χ2n) is 5.53. The molecule has 130 valence electrons. The fourth-order valence-corrected chi connectivity index (χ4v) is 3.01. The highest BCUT2D eigenvalue weighted by molar-refractivity contribution is 7.85. The number of carbonyl (C=O) groups is 1. The Morgan fingerprint density at radius 3 is 2.43 bits per heavy atom. The SMILES string of the molecule is NCCCC[C@@H](CS(=O)(=O)O)NC(=O)[C@@H](N)Cc1ccccc1. The van der Waals surface area contributed by atoms with Crippen LogP contribution in [0.3, 0.4) is 0 Å². The number of rotatable bonds is 10. The Bertz CT molecular complexity index is 578. The van der Waals surface area contributed by atoms with Crippen molar-refractivity contribution in [3.63, 3.8) is 0 Å². The average Bonchev–Trinajstić information content (AvgIpc) is 2.46. The predicted octanol–water partition coefficient (Wildman–Crippen LogP) is 0.0580. The maximum atomic E-state index is 12.1. The van der Waals surface area contributed by atoms with E-state index >= 15 is 0 Å². The Hall–Kier alpha value is -1.48. The standard InChI is InChI=1S/C15H25N3O4S/c16-9-5-4-8-13(11-23(20,21)22)18-15(19)14(17)10-12-6-2-1-3-7-12/h1-3,6-7,13-14H,4-5,8-11,16-17H2,(H,18,19)(H,20,21,22)/t13-,14-/m0/s1. The molecular weight excluding hydrogens is 318 g/mol. The third kappa shape index (κ3) is 8.65. The number of nitrogens with one attached hydrogen (secondary N) is 1. The predicted molar refractivity (Wildman–Crippen MR) is 89.4 cm³/mol. The van der Waals surface area contributed by atoms with Crippen LogP contribution in [-0.4, -0.2) is 43.3 Å². The summed E-state index contributed by atoms with van der Waals surface area (Å²) >= 11 is 0. The summed E-state index contributed by atoms with van der Waals surface area (Å²) in [6.07, 6.45) is 2.15. The van der Waals surface area contributed by atoms with E-state index in [1.165, 1.54) is 0 Å². The van der Waals surface area contributed by atoms with Crippen LogP contribution >= 0.6 is 0 Å². The topological polar surface area (TPSA) is 136 Å². The smallest absolute Gasteiger partial charge is 0.266 e. The van der Waals surface area contributed by atoms with Crippen molar-refractivity contribution in [3.8, 4) is 0 Å². The van der Waals surface area contributed by atoms with Crippen LogP contribution in [0.15, 0.2) is 30.3 Å². The van der Waals surface area contributed by atoms with Crippen LogP contribution in [0.4, 0.5) is 0 Å². The second kappa shape index (κ2) is 9.61. The lowest BCUT2D eigenvalue weighted by Gasteiger charge is -2.20. The third-order valence-corrected chi connectivity index (χ3v) is 4.22. The van der Waals surface area contributed by atoms with Gasteiger partial charge in [-0.3, -0.25) is 9.35 Å². The zero-order valence-corrected chi connectivity index (χ0v) is 13.8. The third-order valence-electron chi connectivity index (χ3n) is 3.40. The molecule has 0 bridgehead atoms. The number of hydrogen-bond acceptors (Lipinski definition) is 5. The van der Waals surface area contributed by atoms with Gasteiger partial charge in [-0.25, -0.2) is 0 Å². The van der Waals surface area contributed by atoms with Crippen LogP contribution in [0.5, 0.6) is 0 Å². The number of carbonyl (C=O) groups excluding carboxylic acids is 1. The van der Waals surface area contributed by atoms with E-state index in [0.29, 0.717) is 32.2 Å². The van der Waals surface area contributed by atoms with Gasteiger partial charge < -0.3 is 16.8 Å². The number of nitrogens with two attached hydrogens (primary N) is 2. The molecule has 0 radical (unpaired) electrons. The maximum absolute atomic E-state index is 12.1. The van der Waals surface area contributed by atoms with Crippen molar-refractivity contribution < 1.29 is 17.8 Å². The Balaban J connectivity index is 2.59. The monoisotopic (exact) mass is 343 g/mol. The first kappa shape index (κ1) is 19.6. The second-order valence-corrected chi connectivity index (χ2v) is 7.03. The lowest BCUT2D eigenvalue weighted by atomic mass is 10.1. The molecule has 1 aromatic rings. The highest BCUT2D eigenvalue weighted by Crippen LogP contribution is 2.06. The molecule has 6 N–H and O–H groups in total. The fourth-order valence-electron chi connectivity index (χ4n) is 2.26. The van der Waals surface area contributed by atoms with E-state index in [9.17, 15) is 13.2 Å². The fraction of sp³-hybridized carbons (Fsp3) is 0.533. The molecule has 0 saturated heterocycles. The Kier molecular flexibility index (Phi) is 8.18. The normalized spacial score (nSPS) is 14.2. The van der Waals surface area contributed by atoms with Crippen molar-refractivity contribution in [1.29, 1.82) is 0 Å². The summed E-state index contributed by atoms with van der Waals surface area (Å²) in [5.74, 6) is -0.961. The largest absolute Gasteiger partial charge is 0.351 e. The first-order chi connectivity index (χ1) is 10.8. The van der Waals surface area contributed by atoms with E-state index in [0.717, 1.165) is 5.56 Å². The number of benzene rings is 1. The minimum Gasteiger partial charge on any atom is -0.351 e. The van der Waals surface area contributed by atoms with Crippen molar-refractivity contribution in [2.24, 2.45) is 11.5 Å². The molecule has 0 aliphatic rings. The molecule has 1 amide bonds. The summed E-state index contributed by atoms with van der Waals surface area (Å²) in [5, 5.41) is 2.61. The Morgan fingerprint density at radius 1 is 1.22 bits per heavy atom. The first-order valence-corrected chi connectivity index (χ1v) is 9.18. The minimum absolute atomic E-state index is 0.355. The van der Waals surface area contributed by atoms with E-state index in [1.54, 1.807) is 0 Å². The summed E-state index contributed by atoms with van der Waals surface area (Å²) in [4.78, 5) is 12.1. The molecule has 2 atom stereocenters. The van der Waals surface area contributed by atoms with Crippen molar-refractivity contribution in [3.05, 3.63) is 35.9 Å². The molecule has 1 rings (SSSR count). The highest BCUT2D eigenvalue weighted by Gasteiger charge is 2.22. The molecule has 0 saturated carbocycles. The quantitative estimate of drug-likeness (QED) is 0.350. The van der Waals surface area contributed by atoms with Crippen molar-refractivity contribution in [2.75, 3.05) is 12.3 Å². The van der Waals surface area contributed by atoms with Crippen LogP contribution in [0.25, 0.3) is 0 Å². The Labute approximate surface area is 137 Å². The number of unbranched alkanes of at least 4 members (excludes halogenated alkanes) is 1. The van der Waals surface area contributed by atoms with E-state index < -0.39 is 33.9 Å². The zero-order valence-electron chi connectivity index (χ0n) is 13.0. The molecule has 0 aliphatic carbocycles. The van der Waals surface area contributed by atoms with Crippen molar-refractivity contribution >= 4 is 16.0 Å². The van der Waals surface area contributed by atoms with Gasteiger partial charge in [0.15, 0.2) is 0 Å². The maximum Gasteiger partial charge on any atom is 0.266 e. The molecular formula is C15H25N3O4S. The zero-order chi connectivity index (χ0) is 17.3. The summed E-state index contributed by atoms with van der Waals surface area (Å²) in [5.41, 5.74) is 12.2. The van der Waals surface area contributed by atoms with Crippen molar-refractivity contribution in [2.45, 2.75) is 37.8 Å². The molecule has 0 heterocycles. The number of hydrogen-bond donors (Lipinski definition) is 4. The van der Waals surface area contributed by atoms with E-state index in [-0.39, 0.29) is 0 Å². The molecule has 8 heteroatoms. The summed E-state index contributed by atoms with van der Waals surface area (Å²) in [7, 11) is -4.18. The van der Waals surface area contributed by atoms with Gasteiger partial charge in [0.25, 0.3) is 10.1 Å². The van der Waals surface area contributed by atoms with Gasteiger partial charge in [-0.2, -0.15) is 8.42 Å². The molecule has 0 unspecified atom stereocenters. The Morgan fingerprint density at radius 2 is 1.87 bits per heavy atom. The van der Waals surface area contributed by atoms with Gasteiger partial charge >= 0.3 is 0 Å². The van der Waals surface area contributed by atoms with Gasteiger partial charge in [0.05, 0.1) is 11.8 Å². The van der Waals surface area contributed by atoms with Gasteiger partial charge in [-0.1, -0.05) is 36.8 Å². The molecule has 0 aliphatic heterocycles. The average molecular weight is 343 g/mol. The van der Waals surface area contributed by atoms with Gasteiger partial charge in [-0.15, -0.1) is 0 Å².